The smallest absolute Gasteiger partial charge is 0.228 e. The minimum atomic E-state index is -0.441. The van der Waals surface area contributed by atoms with Crippen molar-refractivity contribution in [1.29, 1.82) is 0 Å². The van der Waals surface area contributed by atoms with Gasteiger partial charge in [0.15, 0.2) is 0 Å². The molecule has 2 saturated heterocycles. The predicted molar refractivity (Wildman–Crippen MR) is 110 cm³/mol. The van der Waals surface area contributed by atoms with Gasteiger partial charge in [-0.05, 0) is 36.8 Å². The van der Waals surface area contributed by atoms with Crippen LogP contribution >= 0.6 is 11.6 Å². The van der Waals surface area contributed by atoms with E-state index in [0.717, 1.165) is 11.4 Å². The third-order valence-corrected chi connectivity index (χ3v) is 5.72. The molecule has 29 heavy (non-hydrogen) atoms. The summed E-state index contributed by atoms with van der Waals surface area (Å²) in [5.41, 5.74) is 1.04. The number of rotatable bonds is 3. The van der Waals surface area contributed by atoms with Gasteiger partial charge in [-0.25, -0.2) is 9.37 Å². The molecule has 2 aliphatic heterocycles. The summed E-state index contributed by atoms with van der Waals surface area (Å²) >= 11 is 5.88. The number of amides is 2. The largest absolute Gasteiger partial charge is 0.353 e. The topological polar surface area (TPSA) is 56.8 Å². The molecule has 1 aromatic heterocycles. The first-order chi connectivity index (χ1) is 13.9. The highest BCUT2D eigenvalue weighted by Crippen LogP contribution is 2.29. The molecule has 0 N–H and O–H groups in total. The number of aromatic nitrogens is 1. The maximum Gasteiger partial charge on any atom is 0.228 e. The van der Waals surface area contributed by atoms with Crippen LogP contribution in [0.4, 0.5) is 15.9 Å². The maximum absolute atomic E-state index is 14.3. The minimum absolute atomic E-state index is 0.0444. The molecule has 2 fully saturated rings. The zero-order chi connectivity index (χ0) is 20.5. The minimum Gasteiger partial charge on any atom is -0.353 e. The first-order valence-corrected chi connectivity index (χ1v) is 10.0. The third-order valence-electron chi connectivity index (χ3n) is 5.50. The van der Waals surface area contributed by atoms with Crippen LogP contribution in [0.25, 0.3) is 0 Å². The van der Waals surface area contributed by atoms with Crippen molar-refractivity contribution in [2.45, 2.75) is 13.3 Å². The lowest BCUT2D eigenvalue weighted by Gasteiger charge is -2.36. The average Bonchev–Trinajstić information content (AvgIpc) is 3.09. The summed E-state index contributed by atoms with van der Waals surface area (Å²) in [6.07, 6.45) is 1.72. The monoisotopic (exact) mass is 416 g/mol. The van der Waals surface area contributed by atoms with Crippen molar-refractivity contribution >= 4 is 34.9 Å². The van der Waals surface area contributed by atoms with Crippen LogP contribution in [0.3, 0.4) is 0 Å². The molecule has 0 radical (unpaired) electrons. The Morgan fingerprint density at radius 2 is 1.93 bits per heavy atom. The number of pyridine rings is 1. The Morgan fingerprint density at radius 3 is 2.59 bits per heavy atom. The molecule has 0 saturated carbocycles. The molecule has 1 atom stereocenters. The van der Waals surface area contributed by atoms with Gasteiger partial charge in [-0.3, -0.25) is 9.59 Å². The molecular weight excluding hydrogens is 395 g/mol. The Labute approximate surface area is 173 Å². The lowest BCUT2D eigenvalue weighted by Crippen LogP contribution is -2.51. The van der Waals surface area contributed by atoms with Crippen LogP contribution in [0.15, 0.2) is 36.5 Å². The number of nitrogens with zero attached hydrogens (tertiary/aromatic N) is 4. The van der Waals surface area contributed by atoms with Gasteiger partial charge in [-0.2, -0.15) is 0 Å². The molecule has 152 valence electrons. The Balaban J connectivity index is 1.38. The van der Waals surface area contributed by atoms with Gasteiger partial charge < -0.3 is 14.7 Å². The lowest BCUT2D eigenvalue weighted by molar-refractivity contribution is -0.136. The quantitative estimate of drug-likeness (QED) is 0.772. The molecule has 2 aromatic rings. The first kappa shape index (κ1) is 19.6. The van der Waals surface area contributed by atoms with Gasteiger partial charge in [0.1, 0.15) is 11.6 Å². The fourth-order valence-electron chi connectivity index (χ4n) is 3.91. The SMILES string of the molecule is Cc1ccc(N2CC(C(=O)N3CCN(c4ccc(Cl)cn4)CC3)CC2=O)c(F)c1. The van der Waals surface area contributed by atoms with Crippen LogP contribution in [0.1, 0.15) is 12.0 Å². The summed E-state index contributed by atoms with van der Waals surface area (Å²) in [5.74, 6) is -0.301. The Hall–Kier alpha value is -2.67. The van der Waals surface area contributed by atoms with Crippen molar-refractivity contribution in [3.63, 3.8) is 0 Å². The maximum atomic E-state index is 14.3. The molecule has 0 spiro atoms. The summed E-state index contributed by atoms with van der Waals surface area (Å²) in [4.78, 5) is 35.0. The van der Waals surface area contributed by atoms with E-state index in [1.165, 1.54) is 11.0 Å². The summed E-state index contributed by atoms with van der Waals surface area (Å²) < 4.78 is 14.3. The van der Waals surface area contributed by atoms with Crippen LogP contribution < -0.4 is 9.80 Å². The normalized spacial score (nSPS) is 19.8. The molecule has 0 bridgehead atoms. The van der Waals surface area contributed by atoms with Gasteiger partial charge in [0, 0.05) is 45.3 Å². The molecule has 2 amide bonds. The van der Waals surface area contributed by atoms with E-state index >= 15 is 0 Å². The second-order valence-electron chi connectivity index (χ2n) is 7.51. The van der Waals surface area contributed by atoms with Gasteiger partial charge in [0.25, 0.3) is 0 Å². The van der Waals surface area contributed by atoms with E-state index in [9.17, 15) is 14.0 Å². The van der Waals surface area contributed by atoms with Crippen molar-refractivity contribution in [2.75, 3.05) is 42.5 Å². The fourth-order valence-corrected chi connectivity index (χ4v) is 4.02. The number of anilines is 2. The van der Waals surface area contributed by atoms with Crippen molar-refractivity contribution in [1.82, 2.24) is 9.88 Å². The standard InChI is InChI=1S/C21H22ClFN4O2/c1-14-2-4-18(17(23)10-14)27-13-15(11-20(27)28)21(29)26-8-6-25(7-9-26)19-5-3-16(22)12-24-19/h2-5,10,12,15H,6-9,11,13H2,1H3. The molecule has 2 aliphatic rings. The third kappa shape index (κ3) is 4.05. The number of halogens is 2. The van der Waals surface area contributed by atoms with E-state index in [1.807, 2.05) is 6.07 Å². The highest BCUT2D eigenvalue weighted by atomic mass is 35.5. The summed E-state index contributed by atoms with van der Waals surface area (Å²) in [5, 5.41) is 0.586. The van der Waals surface area contributed by atoms with Gasteiger partial charge in [-0.1, -0.05) is 17.7 Å². The number of aryl methyl sites for hydroxylation is 1. The van der Waals surface area contributed by atoms with E-state index < -0.39 is 11.7 Å². The number of piperazine rings is 1. The van der Waals surface area contributed by atoms with Gasteiger partial charge in [0.05, 0.1) is 16.6 Å². The zero-order valence-corrected chi connectivity index (χ0v) is 16.9. The fraction of sp³-hybridized carbons (Fsp3) is 0.381. The van der Waals surface area contributed by atoms with E-state index in [0.29, 0.717) is 31.2 Å². The molecule has 4 rings (SSSR count). The van der Waals surface area contributed by atoms with Crippen LogP contribution in [0, 0.1) is 18.7 Å². The Morgan fingerprint density at radius 1 is 1.17 bits per heavy atom. The molecule has 1 unspecified atom stereocenters. The van der Waals surface area contributed by atoms with Crippen LogP contribution in [0.2, 0.25) is 5.02 Å². The number of hydrogen-bond acceptors (Lipinski definition) is 4. The second-order valence-corrected chi connectivity index (χ2v) is 7.94. The van der Waals surface area contributed by atoms with E-state index in [2.05, 4.69) is 9.88 Å². The molecule has 1 aromatic carbocycles. The second kappa shape index (κ2) is 7.99. The van der Waals surface area contributed by atoms with Gasteiger partial charge in [-0.15, -0.1) is 0 Å². The van der Waals surface area contributed by atoms with Crippen molar-refractivity contribution in [3.8, 4) is 0 Å². The van der Waals surface area contributed by atoms with Crippen molar-refractivity contribution < 1.29 is 14.0 Å². The van der Waals surface area contributed by atoms with Crippen LogP contribution in [-0.4, -0.2) is 54.4 Å². The van der Waals surface area contributed by atoms with E-state index in [4.69, 9.17) is 11.6 Å². The van der Waals surface area contributed by atoms with Crippen molar-refractivity contribution in [2.24, 2.45) is 5.92 Å². The Bertz CT molecular complexity index is 929. The van der Waals surface area contributed by atoms with Crippen molar-refractivity contribution in [3.05, 3.63) is 52.9 Å². The molecule has 0 aliphatic carbocycles. The van der Waals surface area contributed by atoms with Gasteiger partial charge in [0.2, 0.25) is 11.8 Å². The zero-order valence-electron chi connectivity index (χ0n) is 16.1. The van der Waals surface area contributed by atoms with Crippen LogP contribution in [-0.2, 0) is 9.59 Å². The number of carbonyl (C=O) groups is 2. The summed E-state index contributed by atoms with van der Waals surface area (Å²) in [6, 6.07) is 8.44. The van der Waals surface area contributed by atoms with Crippen LogP contribution in [0.5, 0.6) is 0 Å². The highest BCUT2D eigenvalue weighted by molar-refractivity contribution is 6.30. The highest BCUT2D eigenvalue weighted by Gasteiger charge is 2.38. The number of carbonyl (C=O) groups excluding carboxylic acids is 2. The van der Waals surface area contributed by atoms with E-state index in [1.54, 1.807) is 36.2 Å². The predicted octanol–water partition coefficient (Wildman–Crippen LogP) is 2.88. The van der Waals surface area contributed by atoms with E-state index in [-0.39, 0.29) is 30.5 Å². The number of hydrogen-bond donors (Lipinski definition) is 0. The molecule has 3 heterocycles. The molecule has 8 heteroatoms. The average molecular weight is 417 g/mol. The van der Waals surface area contributed by atoms with Gasteiger partial charge >= 0.3 is 0 Å². The summed E-state index contributed by atoms with van der Waals surface area (Å²) in [6.45, 7) is 4.47. The molecule has 6 nitrogen and oxygen atoms in total. The number of benzene rings is 1. The summed E-state index contributed by atoms with van der Waals surface area (Å²) in [7, 11) is 0. The molecular formula is C21H22ClFN4O2. The first-order valence-electron chi connectivity index (χ1n) is 9.64. The Kier molecular flexibility index (Phi) is 5.41. The lowest BCUT2D eigenvalue weighted by atomic mass is 10.1.